The van der Waals surface area contributed by atoms with Crippen LogP contribution in [0.2, 0.25) is 0 Å². The number of para-hydroxylation sites is 1. The van der Waals surface area contributed by atoms with E-state index in [-0.39, 0.29) is 23.1 Å². The monoisotopic (exact) mass is 454 g/mol. The molecule has 2 aromatic carbocycles. The number of nitrogens with one attached hydrogen (secondary N) is 1. The number of anilines is 1. The van der Waals surface area contributed by atoms with E-state index >= 15 is 0 Å². The molecule has 0 bridgehead atoms. The van der Waals surface area contributed by atoms with Crippen molar-refractivity contribution in [3.8, 4) is 0 Å². The second-order valence-corrected chi connectivity index (χ2v) is 8.27. The maximum Gasteiger partial charge on any atom is 0.262 e. The number of fused-ring (bicyclic) bond motifs is 1. The summed E-state index contributed by atoms with van der Waals surface area (Å²) in [6.07, 6.45) is 0.661. The van der Waals surface area contributed by atoms with Crippen LogP contribution in [0, 0.1) is 0 Å². The van der Waals surface area contributed by atoms with Crippen LogP contribution in [0.4, 0.5) is 5.69 Å². The lowest BCUT2D eigenvalue weighted by Gasteiger charge is -2.13. The van der Waals surface area contributed by atoms with Crippen molar-refractivity contribution in [1.29, 1.82) is 0 Å². The molecule has 9 heteroatoms. The Kier molecular flexibility index (Phi) is 8.02. The number of nitrogens with zero attached hydrogens (tertiary/aromatic N) is 3. The van der Waals surface area contributed by atoms with Gasteiger partial charge >= 0.3 is 0 Å². The van der Waals surface area contributed by atoms with Gasteiger partial charge in [0.25, 0.3) is 11.5 Å². The molecule has 0 aliphatic carbocycles. The number of thioether (sulfide) groups is 1. The molecular weight excluding hydrogens is 428 g/mol. The van der Waals surface area contributed by atoms with E-state index in [2.05, 4.69) is 10.3 Å². The summed E-state index contributed by atoms with van der Waals surface area (Å²) >= 11 is 1.21. The summed E-state index contributed by atoms with van der Waals surface area (Å²) in [5.74, 6) is -0.243. The van der Waals surface area contributed by atoms with E-state index in [0.717, 1.165) is 0 Å². The van der Waals surface area contributed by atoms with Gasteiger partial charge in [-0.1, -0.05) is 23.9 Å². The molecule has 3 rings (SSSR count). The topological polar surface area (TPSA) is 93.5 Å². The number of aromatic nitrogens is 2. The van der Waals surface area contributed by atoms with Gasteiger partial charge in [0.05, 0.1) is 16.7 Å². The van der Waals surface area contributed by atoms with Gasteiger partial charge in [0.2, 0.25) is 5.91 Å². The highest BCUT2D eigenvalue weighted by atomic mass is 32.2. The third-order valence-corrected chi connectivity index (χ3v) is 5.69. The highest BCUT2D eigenvalue weighted by molar-refractivity contribution is 7.99. The largest absolute Gasteiger partial charge is 0.385 e. The number of rotatable bonds is 9. The zero-order valence-electron chi connectivity index (χ0n) is 18.3. The normalized spacial score (nSPS) is 10.8. The van der Waals surface area contributed by atoms with Gasteiger partial charge in [0.15, 0.2) is 5.16 Å². The van der Waals surface area contributed by atoms with Gasteiger partial charge < -0.3 is 15.0 Å². The Morgan fingerprint density at radius 1 is 1.12 bits per heavy atom. The van der Waals surface area contributed by atoms with Gasteiger partial charge in [-0.15, -0.1) is 0 Å². The standard InChI is InChI=1S/C23H26N4O4S/c1-26(2)21(29)16-9-11-17(12-10-16)24-20(28)15-32-23-25-19-8-5-4-7-18(19)22(30)27(23)13-6-14-31-3/h4-5,7-12H,6,13-15H2,1-3H3,(H,24,28). The molecule has 0 radical (unpaired) electrons. The van der Waals surface area contributed by atoms with Crippen LogP contribution >= 0.6 is 11.8 Å². The van der Waals surface area contributed by atoms with Gasteiger partial charge in [-0.2, -0.15) is 0 Å². The lowest BCUT2D eigenvalue weighted by Crippen LogP contribution is -2.25. The van der Waals surface area contributed by atoms with E-state index in [4.69, 9.17) is 4.74 Å². The summed E-state index contributed by atoms with van der Waals surface area (Å²) < 4.78 is 6.70. The molecule has 0 atom stereocenters. The molecule has 0 aliphatic heterocycles. The summed E-state index contributed by atoms with van der Waals surface area (Å²) in [6, 6.07) is 13.9. The van der Waals surface area contributed by atoms with Crippen LogP contribution in [0.15, 0.2) is 58.5 Å². The average molecular weight is 455 g/mol. The zero-order valence-corrected chi connectivity index (χ0v) is 19.1. The highest BCUT2D eigenvalue weighted by Gasteiger charge is 2.14. The number of hydrogen-bond acceptors (Lipinski definition) is 6. The van der Waals surface area contributed by atoms with E-state index in [0.29, 0.717) is 46.9 Å². The highest BCUT2D eigenvalue weighted by Crippen LogP contribution is 2.19. The van der Waals surface area contributed by atoms with E-state index in [1.807, 2.05) is 12.1 Å². The van der Waals surface area contributed by atoms with Crippen LogP contribution in [0.1, 0.15) is 16.8 Å². The van der Waals surface area contributed by atoms with Gasteiger partial charge in [-0.3, -0.25) is 19.0 Å². The van der Waals surface area contributed by atoms with Gasteiger partial charge in [0.1, 0.15) is 0 Å². The molecular formula is C23H26N4O4S. The van der Waals surface area contributed by atoms with Crippen LogP contribution in [-0.2, 0) is 16.1 Å². The molecule has 2 amide bonds. The Hall–Kier alpha value is -3.17. The van der Waals surface area contributed by atoms with Crippen LogP contribution < -0.4 is 10.9 Å². The van der Waals surface area contributed by atoms with Crippen molar-refractivity contribution >= 4 is 40.2 Å². The number of carbonyl (C=O) groups is 2. The quantitative estimate of drug-likeness (QED) is 0.304. The molecule has 1 N–H and O–H groups in total. The van der Waals surface area contributed by atoms with Crippen molar-refractivity contribution in [2.45, 2.75) is 18.1 Å². The van der Waals surface area contributed by atoms with Gasteiger partial charge in [0, 0.05) is 45.6 Å². The Balaban J connectivity index is 1.72. The molecule has 8 nitrogen and oxygen atoms in total. The number of hydrogen-bond donors (Lipinski definition) is 1. The maximum atomic E-state index is 13.0. The fourth-order valence-electron chi connectivity index (χ4n) is 3.10. The van der Waals surface area contributed by atoms with Crippen molar-refractivity contribution in [2.24, 2.45) is 0 Å². The molecule has 0 fully saturated rings. The Morgan fingerprint density at radius 2 is 1.84 bits per heavy atom. The second kappa shape index (κ2) is 10.9. The van der Waals surface area contributed by atoms with Gasteiger partial charge in [-0.05, 0) is 42.8 Å². The maximum absolute atomic E-state index is 13.0. The third kappa shape index (κ3) is 5.74. The van der Waals surface area contributed by atoms with E-state index in [1.165, 1.54) is 16.7 Å². The molecule has 0 saturated carbocycles. The molecule has 0 unspecified atom stereocenters. The lowest BCUT2D eigenvalue weighted by molar-refractivity contribution is -0.113. The number of amides is 2. The summed E-state index contributed by atoms with van der Waals surface area (Å²) in [6.45, 7) is 0.978. The first-order valence-corrected chi connectivity index (χ1v) is 11.1. The summed E-state index contributed by atoms with van der Waals surface area (Å²) in [7, 11) is 4.99. The molecule has 1 aromatic heterocycles. The number of benzene rings is 2. The summed E-state index contributed by atoms with van der Waals surface area (Å²) in [5.41, 5.74) is 1.61. The van der Waals surface area contributed by atoms with E-state index in [1.54, 1.807) is 62.2 Å². The first kappa shape index (κ1) is 23.5. The Morgan fingerprint density at radius 3 is 2.53 bits per heavy atom. The fourth-order valence-corrected chi connectivity index (χ4v) is 3.93. The average Bonchev–Trinajstić information content (AvgIpc) is 2.79. The van der Waals surface area contributed by atoms with Crippen LogP contribution in [0.5, 0.6) is 0 Å². The molecule has 1 heterocycles. The number of carbonyl (C=O) groups excluding carboxylic acids is 2. The predicted molar refractivity (Wildman–Crippen MR) is 126 cm³/mol. The first-order chi connectivity index (χ1) is 15.4. The number of methoxy groups -OCH3 is 1. The van der Waals surface area contributed by atoms with Crippen molar-refractivity contribution in [3.63, 3.8) is 0 Å². The van der Waals surface area contributed by atoms with Crippen molar-refractivity contribution < 1.29 is 14.3 Å². The minimum atomic E-state index is -0.229. The molecule has 0 saturated heterocycles. The van der Waals surface area contributed by atoms with E-state index in [9.17, 15) is 14.4 Å². The molecule has 168 valence electrons. The Bertz CT molecular complexity index is 1160. The smallest absolute Gasteiger partial charge is 0.262 e. The Labute approximate surface area is 190 Å². The molecule has 3 aromatic rings. The van der Waals surface area contributed by atoms with Crippen molar-refractivity contribution in [1.82, 2.24) is 14.5 Å². The SMILES string of the molecule is COCCCn1c(SCC(=O)Nc2ccc(C(=O)N(C)C)cc2)nc2ccccc2c1=O. The molecule has 0 spiro atoms. The summed E-state index contributed by atoms with van der Waals surface area (Å²) in [4.78, 5) is 43.5. The van der Waals surface area contributed by atoms with Crippen LogP contribution in [0.3, 0.4) is 0 Å². The lowest BCUT2D eigenvalue weighted by atomic mass is 10.2. The van der Waals surface area contributed by atoms with Crippen molar-refractivity contribution in [2.75, 3.05) is 38.9 Å². The van der Waals surface area contributed by atoms with Crippen LogP contribution in [-0.4, -0.2) is 59.8 Å². The van der Waals surface area contributed by atoms with Crippen LogP contribution in [0.25, 0.3) is 10.9 Å². The fraction of sp³-hybridized carbons (Fsp3) is 0.304. The van der Waals surface area contributed by atoms with Crippen molar-refractivity contribution in [3.05, 3.63) is 64.4 Å². The molecule has 32 heavy (non-hydrogen) atoms. The predicted octanol–water partition coefficient (Wildman–Crippen LogP) is 2.87. The second-order valence-electron chi connectivity index (χ2n) is 7.33. The minimum Gasteiger partial charge on any atom is -0.385 e. The minimum absolute atomic E-state index is 0.0907. The first-order valence-electron chi connectivity index (χ1n) is 10.1. The summed E-state index contributed by atoms with van der Waals surface area (Å²) in [5, 5.41) is 3.85. The molecule has 0 aliphatic rings. The van der Waals surface area contributed by atoms with Gasteiger partial charge in [-0.25, -0.2) is 4.98 Å². The van der Waals surface area contributed by atoms with E-state index < -0.39 is 0 Å². The number of ether oxygens (including phenoxy) is 1. The third-order valence-electron chi connectivity index (χ3n) is 4.71. The zero-order chi connectivity index (χ0) is 23.1.